The van der Waals surface area contributed by atoms with Crippen molar-refractivity contribution in [2.75, 3.05) is 18.9 Å². The number of nitrogens with two attached hydrogens (primary N) is 1. The van der Waals surface area contributed by atoms with Gasteiger partial charge in [0.05, 0.1) is 18.9 Å². The highest BCUT2D eigenvalue weighted by molar-refractivity contribution is 6.32. The summed E-state index contributed by atoms with van der Waals surface area (Å²) in [5, 5.41) is 13.5. The lowest BCUT2D eigenvalue weighted by Crippen LogP contribution is -2.47. The van der Waals surface area contributed by atoms with Gasteiger partial charge in [0.1, 0.15) is 11.3 Å². The molecular formula is C18H28ClN5O2. The van der Waals surface area contributed by atoms with E-state index in [-0.39, 0.29) is 17.5 Å². The second-order valence-electron chi connectivity index (χ2n) is 8.16. The van der Waals surface area contributed by atoms with Gasteiger partial charge in [0.2, 0.25) is 5.95 Å². The van der Waals surface area contributed by atoms with Crippen LogP contribution < -0.4 is 5.73 Å². The minimum absolute atomic E-state index is 0.0559. The largest absolute Gasteiger partial charge is 0.391 e. The van der Waals surface area contributed by atoms with Crippen LogP contribution in [-0.4, -0.2) is 44.0 Å². The summed E-state index contributed by atoms with van der Waals surface area (Å²) in [5.41, 5.74) is 6.82. The molecular weight excluding hydrogens is 354 g/mol. The Kier molecular flexibility index (Phi) is 5.42. The van der Waals surface area contributed by atoms with E-state index in [9.17, 15) is 0 Å². The second kappa shape index (κ2) is 7.29. The van der Waals surface area contributed by atoms with Gasteiger partial charge in [0.15, 0.2) is 5.15 Å². The highest BCUT2D eigenvalue weighted by atomic mass is 35.5. The first-order valence-electron chi connectivity index (χ1n) is 9.19. The van der Waals surface area contributed by atoms with E-state index >= 15 is 0 Å². The third-order valence-corrected chi connectivity index (χ3v) is 5.57. The van der Waals surface area contributed by atoms with Gasteiger partial charge in [-0.2, -0.15) is 0 Å². The number of hydrogen-bond donors (Lipinski definition) is 2. The normalized spacial score (nSPS) is 23.8. The molecule has 0 spiro atoms. The quantitative estimate of drug-likeness (QED) is 0.829. The van der Waals surface area contributed by atoms with Gasteiger partial charge < -0.3 is 15.6 Å². The Labute approximate surface area is 158 Å². The van der Waals surface area contributed by atoms with E-state index in [1.165, 1.54) is 0 Å². The topological polar surface area (TPSA) is 98.6 Å². The average molecular weight is 382 g/mol. The number of halogens is 1. The molecule has 2 aliphatic rings. The van der Waals surface area contributed by atoms with Gasteiger partial charge in [-0.1, -0.05) is 32.4 Å². The predicted octanol–water partition coefficient (Wildman–Crippen LogP) is 2.99. The first kappa shape index (κ1) is 19.3. The van der Waals surface area contributed by atoms with Gasteiger partial charge in [-0.05, 0) is 37.5 Å². The van der Waals surface area contributed by atoms with E-state index in [0.29, 0.717) is 17.2 Å². The Bertz CT molecular complexity index is 762. The lowest BCUT2D eigenvalue weighted by molar-refractivity contribution is -0.00535. The third-order valence-electron chi connectivity index (χ3n) is 5.29. The van der Waals surface area contributed by atoms with Crippen molar-refractivity contribution in [1.29, 1.82) is 0 Å². The van der Waals surface area contributed by atoms with Crippen molar-refractivity contribution < 1.29 is 9.84 Å². The number of aliphatic hydroxyl groups excluding tert-OH is 1. The van der Waals surface area contributed by atoms with Crippen molar-refractivity contribution >= 4 is 23.1 Å². The highest BCUT2D eigenvalue weighted by Gasteiger charge is 2.51. The van der Waals surface area contributed by atoms with Gasteiger partial charge in [0.25, 0.3) is 0 Å². The van der Waals surface area contributed by atoms with Crippen LogP contribution in [0.15, 0.2) is 6.20 Å². The molecule has 3 heterocycles. The van der Waals surface area contributed by atoms with Crippen molar-refractivity contribution in [3.63, 3.8) is 0 Å². The Balaban J connectivity index is 0.000000236. The molecule has 0 aromatic carbocycles. The number of nitrogens with zero attached hydrogens (tertiary/aromatic N) is 4. The van der Waals surface area contributed by atoms with Crippen molar-refractivity contribution in [2.24, 2.45) is 5.41 Å². The molecule has 1 unspecified atom stereocenters. The molecule has 4 rings (SSSR count). The lowest BCUT2D eigenvalue weighted by Gasteiger charge is -2.52. The number of anilines is 1. The molecule has 2 aromatic heterocycles. The predicted molar refractivity (Wildman–Crippen MR) is 101 cm³/mol. The minimum Gasteiger partial charge on any atom is -0.391 e. The third kappa shape index (κ3) is 3.80. The van der Waals surface area contributed by atoms with Crippen LogP contribution >= 0.6 is 11.6 Å². The molecule has 1 aliphatic heterocycles. The van der Waals surface area contributed by atoms with Gasteiger partial charge in [-0.25, -0.2) is 14.5 Å². The van der Waals surface area contributed by atoms with Crippen LogP contribution in [0.5, 0.6) is 0 Å². The van der Waals surface area contributed by atoms with Gasteiger partial charge >= 0.3 is 0 Å². The molecule has 2 fully saturated rings. The van der Waals surface area contributed by atoms with Gasteiger partial charge in [-0.15, -0.1) is 5.10 Å². The van der Waals surface area contributed by atoms with Crippen LogP contribution in [-0.2, 0) is 10.2 Å². The summed E-state index contributed by atoms with van der Waals surface area (Å²) >= 11 is 6.19. The number of rotatable bonds is 2. The first-order chi connectivity index (χ1) is 12.3. The Morgan fingerprint density at radius 1 is 1.42 bits per heavy atom. The Morgan fingerprint density at radius 2 is 2.15 bits per heavy atom. The zero-order valence-corrected chi connectivity index (χ0v) is 16.5. The zero-order chi connectivity index (χ0) is 18.9. The van der Waals surface area contributed by atoms with Crippen LogP contribution in [0.25, 0.3) is 5.52 Å². The maximum Gasteiger partial charge on any atom is 0.238 e. The van der Waals surface area contributed by atoms with Crippen LogP contribution in [0, 0.1) is 5.41 Å². The summed E-state index contributed by atoms with van der Waals surface area (Å²) in [6.45, 7) is 8.12. The summed E-state index contributed by atoms with van der Waals surface area (Å²) in [5.74, 6) is 1.16. The van der Waals surface area contributed by atoms with E-state index < -0.39 is 0 Å². The standard InChI is InChI=1S/C13H18ClN5.C5H10O2/c1-4-13(6-12(2,3)7-13)10-17-9(14)8-5-16-11(15)18-19(8)10;6-5-2-1-3-7-4-5/h5H,4,6-7H2,1-3H3,(H2,15,18);5-6H,1-4H2. The van der Waals surface area contributed by atoms with Gasteiger partial charge in [-0.3, -0.25) is 0 Å². The van der Waals surface area contributed by atoms with Crippen LogP contribution in [0.2, 0.25) is 5.15 Å². The molecule has 1 atom stereocenters. The monoisotopic (exact) mass is 381 g/mol. The first-order valence-corrected chi connectivity index (χ1v) is 9.57. The Hall–Kier alpha value is -1.44. The van der Waals surface area contributed by atoms with Crippen molar-refractivity contribution in [1.82, 2.24) is 19.6 Å². The minimum atomic E-state index is -0.186. The molecule has 0 bridgehead atoms. The van der Waals surface area contributed by atoms with Crippen LogP contribution in [0.1, 0.15) is 58.7 Å². The van der Waals surface area contributed by atoms with Gasteiger partial charge in [0, 0.05) is 12.0 Å². The molecule has 2 aromatic rings. The van der Waals surface area contributed by atoms with Crippen LogP contribution in [0.3, 0.4) is 0 Å². The maximum absolute atomic E-state index is 8.78. The van der Waals surface area contributed by atoms with E-state index in [1.807, 2.05) is 0 Å². The maximum atomic E-state index is 8.78. The SMILES string of the molecule is CCC1(c2nc(Cl)c3cnc(N)nn23)CC(C)(C)C1.OC1CCCOC1. The smallest absolute Gasteiger partial charge is 0.238 e. The Morgan fingerprint density at radius 3 is 2.65 bits per heavy atom. The number of imidazole rings is 1. The molecule has 8 heteroatoms. The van der Waals surface area contributed by atoms with E-state index in [0.717, 1.165) is 50.1 Å². The molecule has 0 radical (unpaired) electrons. The fourth-order valence-electron chi connectivity index (χ4n) is 4.28. The summed E-state index contributed by atoms with van der Waals surface area (Å²) in [7, 11) is 0. The number of aromatic nitrogens is 4. The zero-order valence-electron chi connectivity index (χ0n) is 15.7. The molecule has 7 nitrogen and oxygen atoms in total. The molecule has 26 heavy (non-hydrogen) atoms. The fourth-order valence-corrected chi connectivity index (χ4v) is 4.49. The summed E-state index contributed by atoms with van der Waals surface area (Å²) in [6, 6.07) is 0. The molecule has 3 N–H and O–H groups in total. The highest BCUT2D eigenvalue weighted by Crippen LogP contribution is 2.56. The lowest BCUT2D eigenvalue weighted by atomic mass is 9.53. The summed E-state index contributed by atoms with van der Waals surface area (Å²) in [4.78, 5) is 8.51. The van der Waals surface area contributed by atoms with Crippen molar-refractivity contribution in [2.45, 2.75) is 64.4 Å². The van der Waals surface area contributed by atoms with E-state index in [4.69, 9.17) is 27.2 Å². The van der Waals surface area contributed by atoms with Crippen molar-refractivity contribution in [3.05, 3.63) is 17.2 Å². The fraction of sp³-hybridized carbons (Fsp3) is 0.722. The number of fused-ring (bicyclic) bond motifs is 1. The molecule has 1 aliphatic carbocycles. The van der Waals surface area contributed by atoms with Crippen molar-refractivity contribution in [3.8, 4) is 0 Å². The number of ether oxygens (including phenoxy) is 1. The number of hydrogen-bond acceptors (Lipinski definition) is 6. The average Bonchev–Trinajstić information content (AvgIpc) is 2.90. The summed E-state index contributed by atoms with van der Waals surface area (Å²) in [6.07, 6.45) is 6.59. The molecule has 1 saturated heterocycles. The van der Waals surface area contributed by atoms with E-state index in [1.54, 1.807) is 10.7 Å². The van der Waals surface area contributed by atoms with E-state index in [2.05, 4.69) is 35.8 Å². The summed E-state index contributed by atoms with van der Waals surface area (Å²) < 4.78 is 6.70. The molecule has 1 saturated carbocycles. The number of nitrogen functional groups attached to an aromatic ring is 1. The molecule has 144 valence electrons. The van der Waals surface area contributed by atoms with Crippen LogP contribution in [0.4, 0.5) is 5.95 Å². The molecule has 0 amide bonds. The second-order valence-corrected chi connectivity index (χ2v) is 8.52. The number of aliphatic hydroxyl groups is 1.